The summed E-state index contributed by atoms with van der Waals surface area (Å²) in [6.45, 7) is 2.79. The summed E-state index contributed by atoms with van der Waals surface area (Å²) in [5.74, 6) is 0.526. The highest BCUT2D eigenvalue weighted by Gasteiger charge is 2.26. The molecule has 0 bridgehead atoms. The maximum Gasteiger partial charge on any atom is 0.389 e. The number of rotatable bonds is 5. The summed E-state index contributed by atoms with van der Waals surface area (Å²) in [5.41, 5.74) is 2.01. The highest BCUT2D eigenvalue weighted by molar-refractivity contribution is 5.26. The number of benzene rings is 1. The topological polar surface area (TPSA) is 9.23 Å². The Kier molecular flexibility index (Phi) is 5.68. The molecule has 0 aromatic heterocycles. The van der Waals surface area contributed by atoms with Crippen molar-refractivity contribution in [2.24, 2.45) is 0 Å². The van der Waals surface area contributed by atoms with Crippen LogP contribution in [0.1, 0.15) is 56.1 Å². The molecular weight excluding hydrogens is 277 g/mol. The van der Waals surface area contributed by atoms with Crippen molar-refractivity contribution in [3.8, 4) is 0 Å². The van der Waals surface area contributed by atoms with Gasteiger partial charge < -0.3 is 4.74 Å². The van der Waals surface area contributed by atoms with Crippen LogP contribution in [0.25, 0.3) is 0 Å². The molecule has 0 saturated heterocycles. The maximum absolute atomic E-state index is 12.2. The van der Waals surface area contributed by atoms with Crippen LogP contribution in [0, 0.1) is 0 Å². The van der Waals surface area contributed by atoms with E-state index >= 15 is 0 Å². The number of halogens is 3. The van der Waals surface area contributed by atoms with Gasteiger partial charge in [-0.3, -0.25) is 0 Å². The SMILES string of the molecule is CCOC1CCC(c2ccc(CCC(F)(F)F)cc2)CC1. The smallest absolute Gasteiger partial charge is 0.379 e. The molecule has 0 N–H and O–H groups in total. The Hall–Kier alpha value is -1.03. The molecule has 0 radical (unpaired) electrons. The fourth-order valence-electron chi connectivity index (χ4n) is 3.04. The van der Waals surface area contributed by atoms with Crippen LogP contribution in [0.4, 0.5) is 13.2 Å². The van der Waals surface area contributed by atoms with Crippen LogP contribution < -0.4 is 0 Å². The molecule has 1 saturated carbocycles. The summed E-state index contributed by atoms with van der Waals surface area (Å²) < 4.78 is 42.2. The quantitative estimate of drug-likeness (QED) is 0.722. The van der Waals surface area contributed by atoms with Crippen molar-refractivity contribution in [3.63, 3.8) is 0 Å². The highest BCUT2D eigenvalue weighted by atomic mass is 19.4. The number of hydrogen-bond acceptors (Lipinski definition) is 1. The maximum atomic E-state index is 12.2. The van der Waals surface area contributed by atoms with Crippen LogP contribution in [0.5, 0.6) is 0 Å². The van der Waals surface area contributed by atoms with Gasteiger partial charge in [0.2, 0.25) is 0 Å². The lowest BCUT2D eigenvalue weighted by molar-refractivity contribution is -0.133. The lowest BCUT2D eigenvalue weighted by atomic mass is 9.82. The van der Waals surface area contributed by atoms with Crippen LogP contribution in [0.2, 0.25) is 0 Å². The summed E-state index contributed by atoms with van der Waals surface area (Å²) in [6.07, 6.45) is 0.00227. The van der Waals surface area contributed by atoms with Crippen molar-refractivity contribution in [2.75, 3.05) is 6.61 Å². The van der Waals surface area contributed by atoms with Crippen molar-refractivity contribution in [2.45, 2.75) is 63.6 Å². The predicted molar refractivity (Wildman–Crippen MR) is 77.4 cm³/mol. The average Bonchev–Trinajstić information content (AvgIpc) is 2.46. The van der Waals surface area contributed by atoms with Gasteiger partial charge in [-0.25, -0.2) is 0 Å². The molecule has 1 aliphatic carbocycles. The highest BCUT2D eigenvalue weighted by Crippen LogP contribution is 2.34. The van der Waals surface area contributed by atoms with E-state index in [4.69, 9.17) is 4.74 Å². The molecule has 0 unspecified atom stereocenters. The molecule has 4 heteroatoms. The Balaban J connectivity index is 1.85. The molecule has 0 atom stereocenters. The Morgan fingerprint density at radius 2 is 1.67 bits per heavy atom. The molecule has 2 rings (SSSR count). The summed E-state index contributed by atoms with van der Waals surface area (Å²) in [4.78, 5) is 0. The second-order valence-electron chi connectivity index (χ2n) is 5.79. The van der Waals surface area contributed by atoms with Gasteiger partial charge in [0, 0.05) is 13.0 Å². The molecule has 1 fully saturated rings. The van der Waals surface area contributed by atoms with Gasteiger partial charge in [0.15, 0.2) is 0 Å². The van der Waals surface area contributed by atoms with Crippen LogP contribution in [0.15, 0.2) is 24.3 Å². The molecule has 0 spiro atoms. The largest absolute Gasteiger partial charge is 0.389 e. The molecular formula is C17H23F3O. The number of hydrogen-bond donors (Lipinski definition) is 0. The molecule has 0 heterocycles. The van der Waals surface area contributed by atoms with Gasteiger partial charge in [-0.2, -0.15) is 13.2 Å². The predicted octanol–water partition coefficient (Wildman–Crippen LogP) is 5.24. The van der Waals surface area contributed by atoms with E-state index in [1.54, 1.807) is 0 Å². The zero-order valence-electron chi connectivity index (χ0n) is 12.5. The van der Waals surface area contributed by atoms with Crippen molar-refractivity contribution in [3.05, 3.63) is 35.4 Å². The molecule has 0 aliphatic heterocycles. The van der Waals surface area contributed by atoms with E-state index in [1.807, 2.05) is 31.2 Å². The van der Waals surface area contributed by atoms with Crippen LogP contribution in [0.3, 0.4) is 0 Å². The van der Waals surface area contributed by atoms with Gasteiger partial charge in [0.1, 0.15) is 0 Å². The number of aryl methyl sites for hydroxylation is 1. The molecule has 1 nitrogen and oxygen atoms in total. The Bertz CT molecular complexity index is 417. The van der Waals surface area contributed by atoms with E-state index in [0.717, 1.165) is 37.9 Å². The van der Waals surface area contributed by atoms with Gasteiger partial charge in [-0.05, 0) is 56.1 Å². The third-order valence-electron chi connectivity index (χ3n) is 4.22. The summed E-state index contributed by atoms with van der Waals surface area (Å²) in [7, 11) is 0. The minimum atomic E-state index is -4.07. The molecule has 1 aromatic carbocycles. The first-order valence-corrected chi connectivity index (χ1v) is 7.75. The Morgan fingerprint density at radius 3 is 2.19 bits per heavy atom. The molecule has 0 amide bonds. The summed E-state index contributed by atoms with van der Waals surface area (Å²) >= 11 is 0. The summed E-state index contributed by atoms with van der Waals surface area (Å²) in [6, 6.07) is 7.68. The van der Waals surface area contributed by atoms with Gasteiger partial charge in [-0.15, -0.1) is 0 Å². The first-order valence-electron chi connectivity index (χ1n) is 7.75. The van der Waals surface area contributed by atoms with Crippen molar-refractivity contribution < 1.29 is 17.9 Å². The van der Waals surface area contributed by atoms with Gasteiger partial charge in [0.25, 0.3) is 0 Å². The van der Waals surface area contributed by atoms with E-state index in [-0.39, 0.29) is 6.42 Å². The van der Waals surface area contributed by atoms with Crippen LogP contribution in [-0.4, -0.2) is 18.9 Å². The average molecular weight is 300 g/mol. The zero-order chi connectivity index (χ0) is 15.3. The minimum absolute atomic E-state index is 0.0703. The molecule has 118 valence electrons. The molecule has 21 heavy (non-hydrogen) atoms. The van der Waals surface area contributed by atoms with Crippen LogP contribution in [-0.2, 0) is 11.2 Å². The second kappa shape index (κ2) is 7.30. The fourth-order valence-corrected chi connectivity index (χ4v) is 3.04. The van der Waals surface area contributed by atoms with Gasteiger partial charge >= 0.3 is 6.18 Å². The minimum Gasteiger partial charge on any atom is -0.379 e. The Morgan fingerprint density at radius 1 is 1.05 bits per heavy atom. The van der Waals surface area contributed by atoms with Crippen molar-refractivity contribution >= 4 is 0 Å². The Labute approximate surface area is 124 Å². The zero-order valence-corrected chi connectivity index (χ0v) is 12.5. The second-order valence-corrected chi connectivity index (χ2v) is 5.79. The lowest BCUT2D eigenvalue weighted by Gasteiger charge is -2.28. The van der Waals surface area contributed by atoms with Gasteiger partial charge in [0.05, 0.1) is 6.10 Å². The molecule has 1 aromatic rings. The monoisotopic (exact) mass is 300 g/mol. The number of ether oxygens (including phenoxy) is 1. The first kappa shape index (κ1) is 16.3. The van der Waals surface area contributed by atoms with Crippen LogP contribution >= 0.6 is 0 Å². The van der Waals surface area contributed by atoms with E-state index in [2.05, 4.69) is 0 Å². The van der Waals surface area contributed by atoms with Crippen molar-refractivity contribution in [1.29, 1.82) is 0 Å². The van der Waals surface area contributed by atoms with E-state index in [0.29, 0.717) is 12.0 Å². The van der Waals surface area contributed by atoms with E-state index < -0.39 is 12.6 Å². The fraction of sp³-hybridized carbons (Fsp3) is 0.647. The third-order valence-corrected chi connectivity index (χ3v) is 4.22. The van der Waals surface area contributed by atoms with E-state index in [1.165, 1.54) is 5.56 Å². The standard InChI is InChI=1S/C17H23F3O/c1-2-21-16-9-7-15(8-10-16)14-5-3-13(4-6-14)11-12-17(18,19)20/h3-6,15-16H,2,7-12H2,1H3. The van der Waals surface area contributed by atoms with Crippen molar-refractivity contribution in [1.82, 2.24) is 0 Å². The summed E-state index contributed by atoms with van der Waals surface area (Å²) in [5, 5.41) is 0. The normalized spacial score (nSPS) is 23.2. The van der Waals surface area contributed by atoms with Gasteiger partial charge in [-0.1, -0.05) is 24.3 Å². The molecule has 1 aliphatic rings. The number of alkyl halides is 3. The first-order chi connectivity index (χ1) is 9.98. The lowest BCUT2D eigenvalue weighted by Crippen LogP contribution is -2.20. The van der Waals surface area contributed by atoms with E-state index in [9.17, 15) is 13.2 Å². The third kappa shape index (κ3) is 5.34.